The zero-order chi connectivity index (χ0) is 18.8. The topological polar surface area (TPSA) is 74.8 Å². The molecule has 138 valence electrons. The van der Waals surface area contributed by atoms with Gasteiger partial charge in [-0.2, -0.15) is 5.10 Å². The Bertz CT molecular complexity index is 970. The fraction of sp³-hybridized carbons (Fsp3) is 0.300. The van der Waals surface area contributed by atoms with E-state index >= 15 is 0 Å². The van der Waals surface area contributed by atoms with Crippen LogP contribution in [-0.2, 0) is 0 Å². The Balaban J connectivity index is 1.64. The van der Waals surface area contributed by atoms with Gasteiger partial charge in [0.15, 0.2) is 0 Å². The molecule has 2 aromatic heterocycles. The maximum Gasteiger partial charge on any atom is 0.257 e. The van der Waals surface area contributed by atoms with Crippen LogP contribution in [0.3, 0.4) is 0 Å². The molecule has 27 heavy (non-hydrogen) atoms. The maximum atomic E-state index is 14.3. The van der Waals surface area contributed by atoms with Gasteiger partial charge in [0.2, 0.25) is 0 Å². The molecule has 1 aliphatic rings. The van der Waals surface area contributed by atoms with Gasteiger partial charge in [0.05, 0.1) is 23.1 Å². The summed E-state index contributed by atoms with van der Waals surface area (Å²) < 4.78 is 14.3. The molecule has 1 atom stereocenters. The van der Waals surface area contributed by atoms with Gasteiger partial charge in [-0.15, -0.1) is 0 Å². The Morgan fingerprint density at radius 1 is 1.26 bits per heavy atom. The Kier molecular flexibility index (Phi) is 4.66. The van der Waals surface area contributed by atoms with Gasteiger partial charge in [-0.1, -0.05) is 12.1 Å². The molecule has 6 nitrogen and oxygen atoms in total. The average Bonchev–Trinajstić information content (AvgIpc) is 3.14. The second-order valence-electron chi connectivity index (χ2n) is 6.77. The van der Waals surface area contributed by atoms with Crippen molar-refractivity contribution in [1.82, 2.24) is 25.1 Å². The summed E-state index contributed by atoms with van der Waals surface area (Å²) >= 11 is 0. The number of nitrogens with one attached hydrogen (secondary N) is 1. The first-order valence-corrected chi connectivity index (χ1v) is 9.00. The highest BCUT2D eigenvalue weighted by molar-refractivity contribution is 5.95. The van der Waals surface area contributed by atoms with Gasteiger partial charge in [-0.3, -0.25) is 19.9 Å². The van der Waals surface area contributed by atoms with Crippen molar-refractivity contribution in [3.8, 4) is 11.3 Å². The van der Waals surface area contributed by atoms with E-state index in [0.29, 0.717) is 29.9 Å². The molecular formula is C20H20FN5O. The zero-order valence-electron chi connectivity index (χ0n) is 15.0. The lowest BCUT2D eigenvalue weighted by molar-refractivity contribution is 0.0705. The molecule has 1 fully saturated rings. The van der Waals surface area contributed by atoms with Gasteiger partial charge in [0.1, 0.15) is 5.82 Å². The number of likely N-dealkylation sites (tertiary alicyclic amines) is 1. The van der Waals surface area contributed by atoms with Crippen LogP contribution in [0.2, 0.25) is 0 Å². The van der Waals surface area contributed by atoms with Crippen molar-refractivity contribution in [2.24, 2.45) is 0 Å². The van der Waals surface area contributed by atoms with Gasteiger partial charge in [0, 0.05) is 42.7 Å². The second kappa shape index (κ2) is 7.26. The Hall–Kier alpha value is -3.09. The van der Waals surface area contributed by atoms with Crippen LogP contribution in [0.4, 0.5) is 4.39 Å². The molecule has 3 heterocycles. The zero-order valence-corrected chi connectivity index (χ0v) is 15.0. The van der Waals surface area contributed by atoms with Crippen LogP contribution in [0.1, 0.15) is 40.5 Å². The number of amides is 1. The van der Waals surface area contributed by atoms with E-state index in [1.54, 1.807) is 36.8 Å². The van der Waals surface area contributed by atoms with E-state index in [2.05, 4.69) is 20.2 Å². The highest BCUT2D eigenvalue weighted by Gasteiger charge is 2.29. The number of piperidine rings is 1. The summed E-state index contributed by atoms with van der Waals surface area (Å²) in [5.74, 6) is -0.350. The predicted octanol–water partition coefficient (Wildman–Crippen LogP) is 3.33. The Morgan fingerprint density at radius 3 is 2.85 bits per heavy atom. The van der Waals surface area contributed by atoms with E-state index in [1.807, 2.05) is 11.8 Å². The van der Waals surface area contributed by atoms with Gasteiger partial charge in [-0.05, 0) is 31.9 Å². The van der Waals surface area contributed by atoms with E-state index in [4.69, 9.17) is 0 Å². The number of carbonyl (C=O) groups excluding carboxylic acids is 1. The molecule has 7 heteroatoms. The van der Waals surface area contributed by atoms with Crippen molar-refractivity contribution in [2.45, 2.75) is 25.7 Å². The molecule has 0 unspecified atom stereocenters. The minimum atomic E-state index is -0.322. The van der Waals surface area contributed by atoms with Crippen molar-refractivity contribution in [1.29, 1.82) is 0 Å². The standard InChI is InChI=1S/C20H20FN5O/c1-13-16(11-24-25-13)20(27)26-10-4-5-14(12-26)18-19(23-9-8-22-18)15-6-2-3-7-17(15)21/h2-3,6-9,11,14H,4-5,10,12H2,1H3,(H,24,25)/t14-/m1/s1. The average molecular weight is 365 g/mol. The molecule has 3 aromatic rings. The molecule has 4 rings (SSSR count). The fourth-order valence-corrected chi connectivity index (χ4v) is 3.63. The van der Waals surface area contributed by atoms with E-state index in [9.17, 15) is 9.18 Å². The van der Waals surface area contributed by atoms with Crippen molar-refractivity contribution in [2.75, 3.05) is 13.1 Å². The lowest BCUT2D eigenvalue weighted by Gasteiger charge is -2.33. The molecule has 1 amide bonds. The number of aromatic nitrogens is 4. The number of aryl methyl sites for hydroxylation is 1. The molecule has 0 radical (unpaired) electrons. The number of hydrogen-bond donors (Lipinski definition) is 1. The largest absolute Gasteiger partial charge is 0.338 e. The highest BCUT2D eigenvalue weighted by atomic mass is 19.1. The summed E-state index contributed by atoms with van der Waals surface area (Å²) in [4.78, 5) is 23.6. The smallest absolute Gasteiger partial charge is 0.257 e. The van der Waals surface area contributed by atoms with Crippen LogP contribution < -0.4 is 0 Å². The number of carbonyl (C=O) groups is 1. The summed E-state index contributed by atoms with van der Waals surface area (Å²) in [7, 11) is 0. The third-order valence-corrected chi connectivity index (χ3v) is 5.01. The van der Waals surface area contributed by atoms with Crippen LogP contribution in [0.15, 0.2) is 42.9 Å². The first-order chi connectivity index (χ1) is 13.1. The van der Waals surface area contributed by atoms with Crippen molar-refractivity contribution >= 4 is 5.91 Å². The van der Waals surface area contributed by atoms with Crippen LogP contribution in [-0.4, -0.2) is 44.1 Å². The van der Waals surface area contributed by atoms with E-state index in [1.165, 1.54) is 6.07 Å². The van der Waals surface area contributed by atoms with Crippen molar-refractivity contribution < 1.29 is 9.18 Å². The summed E-state index contributed by atoms with van der Waals surface area (Å²) in [6.07, 6.45) is 6.51. The Morgan fingerprint density at radius 2 is 2.07 bits per heavy atom. The third kappa shape index (κ3) is 3.32. The monoisotopic (exact) mass is 365 g/mol. The normalized spacial score (nSPS) is 17.1. The molecular weight excluding hydrogens is 345 g/mol. The summed E-state index contributed by atoms with van der Waals surface area (Å²) in [6, 6.07) is 6.58. The molecule has 1 aromatic carbocycles. The highest BCUT2D eigenvalue weighted by Crippen LogP contribution is 2.33. The number of H-pyrrole nitrogens is 1. The molecule has 0 bridgehead atoms. The molecule has 1 saturated heterocycles. The maximum absolute atomic E-state index is 14.3. The Labute approximate surface area is 156 Å². The van der Waals surface area contributed by atoms with Crippen molar-refractivity contribution in [3.63, 3.8) is 0 Å². The van der Waals surface area contributed by atoms with E-state index in [0.717, 1.165) is 24.2 Å². The number of rotatable bonds is 3. The van der Waals surface area contributed by atoms with Crippen molar-refractivity contribution in [3.05, 3.63) is 65.6 Å². The first-order valence-electron chi connectivity index (χ1n) is 9.00. The number of halogens is 1. The van der Waals surface area contributed by atoms with Crippen LogP contribution in [0.25, 0.3) is 11.3 Å². The molecule has 1 aliphatic heterocycles. The van der Waals surface area contributed by atoms with Gasteiger partial charge in [-0.25, -0.2) is 4.39 Å². The van der Waals surface area contributed by atoms with Gasteiger partial charge < -0.3 is 4.90 Å². The minimum Gasteiger partial charge on any atom is -0.338 e. The molecule has 1 N–H and O–H groups in total. The number of aromatic amines is 1. The first kappa shape index (κ1) is 17.3. The second-order valence-corrected chi connectivity index (χ2v) is 6.77. The molecule has 0 spiro atoms. The molecule has 0 aliphatic carbocycles. The van der Waals surface area contributed by atoms with Crippen LogP contribution in [0, 0.1) is 12.7 Å². The lowest BCUT2D eigenvalue weighted by Crippen LogP contribution is -2.39. The van der Waals surface area contributed by atoms with Gasteiger partial charge in [0.25, 0.3) is 5.91 Å². The summed E-state index contributed by atoms with van der Waals surface area (Å²) in [6.45, 7) is 3.06. The van der Waals surface area contributed by atoms with Gasteiger partial charge >= 0.3 is 0 Å². The van der Waals surface area contributed by atoms with E-state index in [-0.39, 0.29) is 17.6 Å². The summed E-state index contributed by atoms with van der Waals surface area (Å²) in [5, 5.41) is 6.75. The SMILES string of the molecule is Cc1[nH]ncc1C(=O)N1CCC[C@@H](c2nccnc2-c2ccccc2F)C1. The van der Waals surface area contributed by atoms with E-state index < -0.39 is 0 Å². The fourth-order valence-electron chi connectivity index (χ4n) is 3.63. The predicted molar refractivity (Wildman–Crippen MR) is 98.6 cm³/mol. The number of hydrogen-bond acceptors (Lipinski definition) is 4. The quantitative estimate of drug-likeness (QED) is 0.772. The number of nitrogens with zero attached hydrogens (tertiary/aromatic N) is 4. The lowest BCUT2D eigenvalue weighted by atomic mass is 9.91. The minimum absolute atomic E-state index is 0.0122. The molecule has 0 saturated carbocycles. The van der Waals surface area contributed by atoms with Crippen LogP contribution >= 0.6 is 0 Å². The number of benzene rings is 1. The van der Waals surface area contributed by atoms with Crippen LogP contribution in [0.5, 0.6) is 0 Å². The third-order valence-electron chi connectivity index (χ3n) is 5.01. The summed E-state index contributed by atoms with van der Waals surface area (Å²) in [5.41, 5.74) is 3.07.